The van der Waals surface area contributed by atoms with Crippen LogP contribution in [0.25, 0.3) is 11.1 Å². The van der Waals surface area contributed by atoms with Crippen LogP contribution < -0.4 is 9.61 Å². The summed E-state index contributed by atoms with van der Waals surface area (Å²) < 4.78 is 12.3. The number of rotatable bonds is 5. The summed E-state index contributed by atoms with van der Waals surface area (Å²) in [6, 6.07) is 10.7. The van der Waals surface area contributed by atoms with E-state index in [1.54, 1.807) is 34.9 Å². The molecule has 0 bridgehead atoms. The smallest absolute Gasteiger partial charge is 0.272 e. The van der Waals surface area contributed by atoms with E-state index in [-0.39, 0.29) is 30.9 Å². The van der Waals surface area contributed by atoms with Crippen molar-refractivity contribution in [2.75, 3.05) is 0 Å². The normalized spacial score (nSPS) is 21.4. The molecule has 34 heavy (non-hydrogen) atoms. The number of amides is 2. The number of carbonyl (C=O) groups is 2. The van der Waals surface area contributed by atoms with Crippen molar-refractivity contribution in [1.29, 1.82) is 0 Å². The average molecular weight is 504 g/mol. The minimum Gasteiger partial charge on any atom is -0.460 e. The number of nitrogens with one attached hydrogen (secondary N) is 1. The lowest BCUT2D eigenvalue weighted by atomic mass is 10.0. The molecule has 2 amide bonds. The second-order valence-corrected chi connectivity index (χ2v) is 10.0. The lowest BCUT2D eigenvalue weighted by Gasteiger charge is -2.42. The monoisotopic (exact) mass is 503 g/mol. The number of nitrogens with zero attached hydrogens (tertiary/aromatic N) is 2. The number of aryl methyl sites for hydroxylation is 1. The zero-order chi connectivity index (χ0) is 23.9. The zero-order valence-corrected chi connectivity index (χ0v) is 20.5. The molecule has 180 valence electrons. The van der Waals surface area contributed by atoms with Gasteiger partial charge in [-0.05, 0) is 37.5 Å². The van der Waals surface area contributed by atoms with Gasteiger partial charge in [0.15, 0.2) is 5.58 Å². The largest absolute Gasteiger partial charge is 0.460 e. The van der Waals surface area contributed by atoms with Gasteiger partial charge in [-0.1, -0.05) is 49.4 Å². The second-order valence-electron chi connectivity index (χ2n) is 9.26. The molecule has 2 aromatic heterocycles. The molecule has 1 aromatic carbocycles. The summed E-state index contributed by atoms with van der Waals surface area (Å²) in [7, 11) is 0. The van der Waals surface area contributed by atoms with Gasteiger partial charge in [0.2, 0.25) is 5.00 Å². The van der Waals surface area contributed by atoms with Crippen molar-refractivity contribution in [3.63, 3.8) is 0 Å². The molecule has 1 fully saturated rings. The van der Waals surface area contributed by atoms with Gasteiger partial charge in [0, 0.05) is 24.7 Å². The third-order valence-corrected chi connectivity index (χ3v) is 7.54. The topological polar surface area (TPSA) is 76.7 Å². The highest BCUT2D eigenvalue weighted by Gasteiger charge is 2.50. The molecule has 0 spiro atoms. The van der Waals surface area contributed by atoms with Crippen LogP contribution >= 0.6 is 23.5 Å². The summed E-state index contributed by atoms with van der Waals surface area (Å²) >= 11 is 12.6. The van der Waals surface area contributed by atoms with Gasteiger partial charge in [-0.25, -0.2) is 0 Å². The molecule has 1 atom stereocenters. The fourth-order valence-corrected chi connectivity index (χ4v) is 5.46. The van der Waals surface area contributed by atoms with Gasteiger partial charge >= 0.3 is 0 Å². The fraction of sp³-hybridized carbons (Fsp3) is 0.440. The first-order chi connectivity index (χ1) is 16.4. The van der Waals surface area contributed by atoms with Crippen LogP contribution in [0, 0.1) is 6.92 Å². The number of carbonyl (C=O) groups excluding carboxylic acids is 2. The van der Waals surface area contributed by atoms with E-state index >= 15 is 0 Å². The lowest BCUT2D eigenvalue weighted by molar-refractivity contribution is -0.129. The van der Waals surface area contributed by atoms with Gasteiger partial charge in [0.1, 0.15) is 29.1 Å². The summed E-state index contributed by atoms with van der Waals surface area (Å²) in [5, 5.41) is 3.16. The maximum Gasteiger partial charge on any atom is 0.272 e. The van der Waals surface area contributed by atoms with Crippen molar-refractivity contribution in [2.24, 2.45) is 0 Å². The van der Waals surface area contributed by atoms with E-state index in [1.165, 1.54) is 17.7 Å². The number of aromatic nitrogens is 1. The highest BCUT2D eigenvalue weighted by Crippen LogP contribution is 2.37. The highest BCUT2D eigenvalue weighted by atomic mass is 35.5. The number of benzene rings is 1. The van der Waals surface area contributed by atoms with Crippen LogP contribution in [0.3, 0.4) is 0 Å². The lowest BCUT2D eigenvalue weighted by Crippen LogP contribution is -2.63. The van der Waals surface area contributed by atoms with Gasteiger partial charge in [0.05, 0.1) is 12.1 Å². The standard InChI is InChI=1S/C25H27Cl2N3O4/c1-16-12-20-22(33-16)13-21-23(31)30(14-17-8-10-19(34-27)11-9-17)25(26,15-29(20)21)24(32)28-18-6-4-2-3-5-7-18/h8-13,18H,2-7,14-15H2,1H3,(H,28,32). The van der Waals surface area contributed by atoms with Crippen LogP contribution in [-0.2, 0) is 17.9 Å². The number of hydrogen-bond acceptors (Lipinski definition) is 4. The summed E-state index contributed by atoms with van der Waals surface area (Å²) in [5.41, 5.74) is 2.62. The number of alkyl halides is 1. The first-order valence-corrected chi connectivity index (χ1v) is 12.4. The molecule has 0 radical (unpaired) electrons. The Morgan fingerprint density at radius 3 is 2.56 bits per heavy atom. The van der Waals surface area contributed by atoms with Crippen molar-refractivity contribution < 1.29 is 18.3 Å². The van der Waals surface area contributed by atoms with Crippen LogP contribution in [0.1, 0.15) is 60.3 Å². The quantitative estimate of drug-likeness (QED) is 0.283. The Balaban J connectivity index is 1.51. The zero-order valence-electron chi connectivity index (χ0n) is 19.0. The van der Waals surface area contributed by atoms with Crippen molar-refractivity contribution in [3.05, 3.63) is 53.4 Å². The summed E-state index contributed by atoms with van der Waals surface area (Å²) in [4.78, 5) is 27.3. The molecule has 1 unspecified atom stereocenters. The van der Waals surface area contributed by atoms with Crippen LogP contribution in [0.2, 0.25) is 0 Å². The molecule has 1 N–H and O–H groups in total. The van der Waals surface area contributed by atoms with Crippen LogP contribution in [0.5, 0.6) is 5.75 Å². The van der Waals surface area contributed by atoms with Gasteiger partial charge in [-0.15, -0.1) is 0 Å². The molecule has 5 rings (SSSR count). The number of furan rings is 1. The number of halogens is 2. The molecule has 0 saturated heterocycles. The van der Waals surface area contributed by atoms with Gasteiger partial charge < -0.3 is 23.5 Å². The Kier molecular flexibility index (Phi) is 6.25. The van der Waals surface area contributed by atoms with Crippen molar-refractivity contribution in [2.45, 2.75) is 69.6 Å². The van der Waals surface area contributed by atoms with E-state index in [1.807, 2.05) is 13.0 Å². The molecule has 7 nitrogen and oxygen atoms in total. The van der Waals surface area contributed by atoms with Gasteiger partial charge in [0.25, 0.3) is 11.8 Å². The maximum absolute atomic E-state index is 13.7. The predicted molar refractivity (Wildman–Crippen MR) is 130 cm³/mol. The highest BCUT2D eigenvalue weighted by molar-refractivity contribution is 6.36. The summed E-state index contributed by atoms with van der Waals surface area (Å²) in [6.45, 7) is 2.14. The first-order valence-electron chi connectivity index (χ1n) is 11.7. The molecule has 1 aliphatic heterocycles. The molecular formula is C25H27Cl2N3O4. The van der Waals surface area contributed by atoms with Crippen LogP contribution in [-0.4, -0.2) is 32.3 Å². The Bertz CT molecular complexity index is 1210. The van der Waals surface area contributed by atoms with Crippen molar-refractivity contribution >= 4 is 46.4 Å². The van der Waals surface area contributed by atoms with E-state index in [0.717, 1.165) is 42.5 Å². The minimum absolute atomic E-state index is 0.0602. The molecule has 1 aliphatic carbocycles. The summed E-state index contributed by atoms with van der Waals surface area (Å²) in [6.07, 6.45) is 6.35. The van der Waals surface area contributed by atoms with Crippen LogP contribution in [0.4, 0.5) is 0 Å². The summed E-state index contributed by atoms with van der Waals surface area (Å²) in [5.74, 6) is 0.560. The predicted octanol–water partition coefficient (Wildman–Crippen LogP) is 5.51. The van der Waals surface area contributed by atoms with Crippen molar-refractivity contribution in [1.82, 2.24) is 14.8 Å². The Labute approximate surface area is 208 Å². The fourth-order valence-electron chi connectivity index (χ4n) is 5.05. The molecule has 3 aromatic rings. The molecular weight excluding hydrogens is 477 g/mol. The van der Waals surface area contributed by atoms with Crippen molar-refractivity contribution in [3.8, 4) is 5.75 Å². The van der Waals surface area contributed by atoms with Gasteiger partial charge in [-0.3, -0.25) is 9.59 Å². The van der Waals surface area contributed by atoms with E-state index in [4.69, 9.17) is 32.2 Å². The van der Waals surface area contributed by atoms with E-state index in [2.05, 4.69) is 5.32 Å². The van der Waals surface area contributed by atoms with Crippen LogP contribution in [0.15, 0.2) is 40.8 Å². The average Bonchev–Trinajstić information content (AvgIpc) is 3.22. The molecule has 9 heteroatoms. The molecule has 2 aliphatic rings. The van der Waals surface area contributed by atoms with E-state index in [9.17, 15) is 9.59 Å². The maximum atomic E-state index is 13.7. The van der Waals surface area contributed by atoms with E-state index in [0.29, 0.717) is 17.0 Å². The number of fused-ring (bicyclic) bond motifs is 3. The second kappa shape index (κ2) is 9.19. The number of hydrogen-bond donors (Lipinski definition) is 1. The molecule has 1 saturated carbocycles. The Morgan fingerprint density at radius 1 is 1.18 bits per heavy atom. The Morgan fingerprint density at radius 2 is 1.88 bits per heavy atom. The third-order valence-electron chi connectivity index (χ3n) is 6.86. The van der Waals surface area contributed by atoms with E-state index < -0.39 is 5.00 Å². The molecule has 3 heterocycles. The minimum atomic E-state index is -1.59. The Hall–Kier alpha value is -2.64. The first kappa shape index (κ1) is 23.1. The van der Waals surface area contributed by atoms with Gasteiger partial charge in [-0.2, -0.15) is 0 Å². The third kappa shape index (κ3) is 4.16. The SMILES string of the molecule is Cc1cc2c(cc3n2CC(Cl)(C(=O)NC2CCCCCC2)N(Cc2ccc(OCl)cc2)C3=O)o1.